The first-order chi connectivity index (χ1) is 6.38. The normalized spacial score (nSPS) is 11.5. The van der Waals surface area contributed by atoms with Crippen LogP contribution in [0.5, 0.6) is 0 Å². The Hall–Kier alpha value is -0.290. The van der Waals surface area contributed by atoms with Gasteiger partial charge in [-0.1, -0.05) is 0 Å². The lowest BCUT2D eigenvalue weighted by Crippen LogP contribution is -2.39. The first kappa shape index (κ1) is 11.8. The predicted octanol–water partition coefficient (Wildman–Crippen LogP) is 2.75. The summed E-state index contributed by atoms with van der Waals surface area (Å²) in [6.07, 6.45) is 0. The van der Waals surface area contributed by atoms with E-state index in [2.05, 4.69) is 53.0 Å². The maximum Gasteiger partial charge on any atom is 0.0371 e. The Morgan fingerprint density at radius 1 is 1.43 bits per heavy atom. The van der Waals surface area contributed by atoms with Gasteiger partial charge in [-0.05, 0) is 67.1 Å². The second kappa shape index (κ2) is 4.49. The molecule has 2 nitrogen and oxygen atoms in total. The molecule has 0 aliphatic rings. The molecule has 0 heterocycles. The molecule has 0 amide bonds. The summed E-state index contributed by atoms with van der Waals surface area (Å²) in [7, 11) is 0. The Morgan fingerprint density at radius 2 is 2.07 bits per heavy atom. The van der Waals surface area contributed by atoms with Crippen molar-refractivity contribution in [3.05, 3.63) is 27.3 Å². The quantitative estimate of drug-likeness (QED) is 0.843. The van der Waals surface area contributed by atoms with Crippen LogP contribution < -0.4 is 11.1 Å². The predicted molar refractivity (Wildman–Crippen MR) is 70.7 cm³/mol. The minimum Gasteiger partial charge on any atom is -0.383 e. The molecule has 0 spiro atoms. The molecule has 1 aromatic rings. The van der Waals surface area contributed by atoms with Gasteiger partial charge in [0.25, 0.3) is 0 Å². The van der Waals surface area contributed by atoms with E-state index in [0.29, 0.717) is 0 Å². The van der Waals surface area contributed by atoms with Crippen LogP contribution in [0.2, 0.25) is 0 Å². The zero-order valence-corrected chi connectivity index (χ0v) is 11.1. The molecule has 0 aromatic heterocycles. The molecule has 3 heteroatoms. The largest absolute Gasteiger partial charge is 0.383 e. The summed E-state index contributed by atoms with van der Waals surface area (Å²) >= 11 is 2.31. The van der Waals surface area contributed by atoms with Crippen molar-refractivity contribution in [2.45, 2.75) is 26.3 Å². The van der Waals surface area contributed by atoms with Gasteiger partial charge < -0.3 is 11.1 Å². The molecule has 0 unspecified atom stereocenters. The van der Waals surface area contributed by atoms with Gasteiger partial charge in [-0.3, -0.25) is 0 Å². The fourth-order valence-electron chi connectivity index (χ4n) is 1.15. The van der Waals surface area contributed by atoms with Gasteiger partial charge in [-0.2, -0.15) is 0 Å². The molecular formula is C11H17IN2. The lowest BCUT2D eigenvalue weighted by atomic mass is 10.1. The Morgan fingerprint density at radius 3 is 2.57 bits per heavy atom. The second-order valence-electron chi connectivity index (χ2n) is 4.30. The molecule has 0 saturated carbocycles. The van der Waals surface area contributed by atoms with Crippen LogP contribution in [0.25, 0.3) is 0 Å². The Kier molecular flexibility index (Phi) is 3.78. The minimum absolute atomic E-state index is 0.171. The fraction of sp³-hybridized carbons (Fsp3) is 0.455. The van der Waals surface area contributed by atoms with Crippen molar-refractivity contribution >= 4 is 28.3 Å². The topological polar surface area (TPSA) is 38.0 Å². The maximum atomic E-state index is 5.90. The summed E-state index contributed by atoms with van der Waals surface area (Å²) in [6.45, 7) is 6.92. The summed E-state index contributed by atoms with van der Waals surface area (Å²) < 4.78 is 1.26. The molecule has 0 saturated heterocycles. The molecule has 14 heavy (non-hydrogen) atoms. The third-order valence-corrected chi connectivity index (χ3v) is 2.59. The van der Waals surface area contributed by atoms with Gasteiger partial charge in [0.15, 0.2) is 0 Å². The van der Waals surface area contributed by atoms with Gasteiger partial charge in [0.1, 0.15) is 0 Å². The van der Waals surface area contributed by atoms with Crippen LogP contribution in [0.15, 0.2) is 18.2 Å². The number of nitrogens with two attached hydrogens (primary N) is 1. The van der Waals surface area contributed by atoms with E-state index in [1.54, 1.807) is 0 Å². The molecule has 1 rings (SSSR count). The summed E-state index contributed by atoms with van der Waals surface area (Å²) in [4.78, 5) is 0. The average Bonchev–Trinajstić information content (AvgIpc) is 2.00. The standard InChI is InChI=1S/C11H17IN2/c1-8-6-9(12)4-5-10(8)14-7-11(2,3)13/h4-6,14H,7,13H2,1-3H3. The highest BCUT2D eigenvalue weighted by Gasteiger charge is 2.10. The van der Waals surface area contributed by atoms with E-state index in [1.165, 1.54) is 14.8 Å². The van der Waals surface area contributed by atoms with Crippen LogP contribution in [-0.2, 0) is 0 Å². The smallest absolute Gasteiger partial charge is 0.0371 e. The van der Waals surface area contributed by atoms with E-state index in [4.69, 9.17) is 5.73 Å². The summed E-state index contributed by atoms with van der Waals surface area (Å²) in [5.41, 5.74) is 8.16. The fourth-order valence-corrected chi connectivity index (χ4v) is 1.80. The van der Waals surface area contributed by atoms with Crippen molar-refractivity contribution in [2.75, 3.05) is 11.9 Å². The number of hydrogen-bond donors (Lipinski definition) is 2. The van der Waals surface area contributed by atoms with E-state index in [9.17, 15) is 0 Å². The molecule has 0 aliphatic heterocycles. The van der Waals surface area contributed by atoms with Gasteiger partial charge in [0, 0.05) is 21.3 Å². The molecule has 0 fully saturated rings. The van der Waals surface area contributed by atoms with Crippen molar-refractivity contribution in [1.29, 1.82) is 0 Å². The third-order valence-electron chi connectivity index (χ3n) is 1.92. The van der Waals surface area contributed by atoms with Crippen LogP contribution in [0.3, 0.4) is 0 Å². The molecule has 1 aromatic carbocycles. The van der Waals surface area contributed by atoms with Crippen molar-refractivity contribution in [2.24, 2.45) is 5.73 Å². The van der Waals surface area contributed by atoms with Gasteiger partial charge in [0.05, 0.1) is 0 Å². The highest BCUT2D eigenvalue weighted by atomic mass is 127. The number of benzene rings is 1. The lowest BCUT2D eigenvalue weighted by Gasteiger charge is -2.20. The Bertz CT molecular complexity index is 316. The Labute approximate surface area is 99.4 Å². The van der Waals surface area contributed by atoms with E-state index >= 15 is 0 Å². The van der Waals surface area contributed by atoms with Crippen molar-refractivity contribution in [3.63, 3.8) is 0 Å². The molecule has 0 atom stereocenters. The monoisotopic (exact) mass is 304 g/mol. The van der Waals surface area contributed by atoms with E-state index in [-0.39, 0.29) is 5.54 Å². The minimum atomic E-state index is -0.171. The number of anilines is 1. The van der Waals surface area contributed by atoms with Gasteiger partial charge >= 0.3 is 0 Å². The van der Waals surface area contributed by atoms with Crippen molar-refractivity contribution < 1.29 is 0 Å². The van der Waals surface area contributed by atoms with Crippen molar-refractivity contribution in [1.82, 2.24) is 0 Å². The van der Waals surface area contributed by atoms with Crippen LogP contribution in [-0.4, -0.2) is 12.1 Å². The van der Waals surface area contributed by atoms with Crippen LogP contribution >= 0.6 is 22.6 Å². The zero-order chi connectivity index (χ0) is 10.8. The summed E-state index contributed by atoms with van der Waals surface area (Å²) in [5, 5.41) is 3.35. The van der Waals surface area contributed by atoms with Gasteiger partial charge in [0.2, 0.25) is 0 Å². The highest BCUT2D eigenvalue weighted by Crippen LogP contribution is 2.18. The first-order valence-corrected chi connectivity index (χ1v) is 5.75. The lowest BCUT2D eigenvalue weighted by molar-refractivity contribution is 0.549. The maximum absolute atomic E-state index is 5.90. The second-order valence-corrected chi connectivity index (χ2v) is 5.55. The number of nitrogens with one attached hydrogen (secondary N) is 1. The number of aryl methyl sites for hydroxylation is 1. The SMILES string of the molecule is Cc1cc(I)ccc1NCC(C)(C)N. The highest BCUT2D eigenvalue weighted by molar-refractivity contribution is 14.1. The van der Waals surface area contributed by atoms with E-state index in [1.807, 2.05) is 13.8 Å². The van der Waals surface area contributed by atoms with E-state index < -0.39 is 0 Å². The van der Waals surface area contributed by atoms with Crippen LogP contribution in [0.4, 0.5) is 5.69 Å². The molecule has 0 bridgehead atoms. The number of hydrogen-bond acceptors (Lipinski definition) is 2. The molecule has 0 radical (unpaired) electrons. The van der Waals surface area contributed by atoms with Crippen molar-refractivity contribution in [3.8, 4) is 0 Å². The number of rotatable bonds is 3. The molecule has 0 aliphatic carbocycles. The summed E-state index contributed by atoms with van der Waals surface area (Å²) in [5.74, 6) is 0. The summed E-state index contributed by atoms with van der Waals surface area (Å²) in [6, 6.07) is 6.36. The first-order valence-electron chi connectivity index (χ1n) is 4.67. The van der Waals surface area contributed by atoms with Gasteiger partial charge in [-0.15, -0.1) is 0 Å². The molecule has 3 N–H and O–H groups in total. The zero-order valence-electron chi connectivity index (χ0n) is 8.89. The Balaban J connectivity index is 2.68. The van der Waals surface area contributed by atoms with Crippen LogP contribution in [0, 0.1) is 10.5 Å². The molecular weight excluding hydrogens is 287 g/mol. The van der Waals surface area contributed by atoms with Crippen LogP contribution in [0.1, 0.15) is 19.4 Å². The van der Waals surface area contributed by atoms with E-state index in [0.717, 1.165) is 6.54 Å². The molecule has 78 valence electrons. The number of halogens is 1. The average molecular weight is 304 g/mol. The van der Waals surface area contributed by atoms with Gasteiger partial charge in [-0.25, -0.2) is 0 Å². The third kappa shape index (κ3) is 3.84.